The molecule has 0 aliphatic heterocycles. The van der Waals surface area contributed by atoms with Crippen molar-refractivity contribution in [3.8, 4) is 11.5 Å². The fourth-order valence-corrected chi connectivity index (χ4v) is 2.14. The Labute approximate surface area is 149 Å². The van der Waals surface area contributed by atoms with Crippen molar-refractivity contribution in [2.24, 2.45) is 5.10 Å². The van der Waals surface area contributed by atoms with Crippen LogP contribution >= 0.6 is 11.6 Å². The van der Waals surface area contributed by atoms with Crippen LogP contribution in [-0.4, -0.2) is 36.8 Å². The fraction of sp³-hybridized carbons (Fsp3) is 0.118. The topological polar surface area (TPSA) is 100 Å². The largest absolute Gasteiger partial charge is 0.504 e. The van der Waals surface area contributed by atoms with E-state index in [1.165, 1.54) is 13.3 Å². The third kappa shape index (κ3) is 4.95. The van der Waals surface area contributed by atoms with Crippen LogP contribution < -0.4 is 15.5 Å². The highest BCUT2D eigenvalue weighted by molar-refractivity contribution is 6.33. The molecule has 0 aliphatic rings. The van der Waals surface area contributed by atoms with Crippen molar-refractivity contribution in [2.45, 2.75) is 0 Å². The fourth-order valence-electron chi connectivity index (χ4n) is 1.92. The molecule has 7 nitrogen and oxygen atoms in total. The van der Waals surface area contributed by atoms with Gasteiger partial charge < -0.3 is 15.2 Å². The first kappa shape index (κ1) is 18.3. The van der Waals surface area contributed by atoms with Crippen LogP contribution in [0, 0.1) is 0 Å². The molecule has 0 bridgehead atoms. The number of methoxy groups -OCH3 is 1. The normalized spacial score (nSPS) is 10.5. The Balaban J connectivity index is 1.87. The number of halogens is 1. The van der Waals surface area contributed by atoms with E-state index >= 15 is 0 Å². The van der Waals surface area contributed by atoms with Crippen molar-refractivity contribution < 1.29 is 19.4 Å². The van der Waals surface area contributed by atoms with Gasteiger partial charge in [0, 0.05) is 5.56 Å². The third-order valence-corrected chi connectivity index (χ3v) is 3.50. The number of para-hydroxylation sites is 1. The van der Waals surface area contributed by atoms with Crippen molar-refractivity contribution in [1.82, 2.24) is 10.7 Å². The summed E-state index contributed by atoms with van der Waals surface area (Å²) in [4.78, 5) is 23.6. The molecule has 3 N–H and O–H groups in total. The van der Waals surface area contributed by atoms with Gasteiger partial charge in [0.2, 0.25) is 0 Å². The van der Waals surface area contributed by atoms with Gasteiger partial charge in [-0.25, -0.2) is 5.43 Å². The minimum absolute atomic E-state index is 0.0879. The maximum absolute atomic E-state index is 11.9. The number of hydrogen-bond donors (Lipinski definition) is 3. The van der Waals surface area contributed by atoms with E-state index < -0.39 is 11.8 Å². The molecular weight excluding hydrogens is 346 g/mol. The average Bonchev–Trinajstić information content (AvgIpc) is 2.61. The van der Waals surface area contributed by atoms with Crippen molar-refractivity contribution in [3.63, 3.8) is 0 Å². The molecule has 0 radical (unpaired) electrons. The number of hydrogen-bond acceptors (Lipinski definition) is 5. The molecule has 2 aromatic rings. The predicted molar refractivity (Wildman–Crippen MR) is 94.2 cm³/mol. The molecule has 130 valence electrons. The number of aromatic hydroxyl groups is 1. The third-order valence-electron chi connectivity index (χ3n) is 3.17. The van der Waals surface area contributed by atoms with E-state index in [4.69, 9.17) is 16.3 Å². The number of nitrogens with one attached hydrogen (secondary N) is 2. The lowest BCUT2D eigenvalue weighted by atomic mass is 10.2. The summed E-state index contributed by atoms with van der Waals surface area (Å²) in [5, 5.41) is 16.3. The highest BCUT2D eigenvalue weighted by Crippen LogP contribution is 2.27. The van der Waals surface area contributed by atoms with E-state index in [1.807, 2.05) is 0 Å². The van der Waals surface area contributed by atoms with Crippen LogP contribution in [0.2, 0.25) is 5.02 Å². The first-order valence-corrected chi connectivity index (χ1v) is 7.61. The van der Waals surface area contributed by atoms with Gasteiger partial charge in [0.15, 0.2) is 11.5 Å². The van der Waals surface area contributed by atoms with E-state index in [-0.39, 0.29) is 17.9 Å². The highest BCUT2D eigenvalue weighted by atomic mass is 35.5. The van der Waals surface area contributed by atoms with E-state index in [1.54, 1.807) is 42.5 Å². The second-order valence-corrected chi connectivity index (χ2v) is 5.26. The number of carbonyl (C=O) groups is 2. The Kier molecular flexibility index (Phi) is 6.36. The van der Waals surface area contributed by atoms with Crippen LogP contribution in [0.1, 0.15) is 15.9 Å². The van der Waals surface area contributed by atoms with E-state index in [0.29, 0.717) is 16.3 Å². The summed E-state index contributed by atoms with van der Waals surface area (Å²) < 4.78 is 4.97. The van der Waals surface area contributed by atoms with Gasteiger partial charge in [0.1, 0.15) is 0 Å². The van der Waals surface area contributed by atoms with Crippen LogP contribution in [0.4, 0.5) is 0 Å². The van der Waals surface area contributed by atoms with Crippen LogP contribution in [0.5, 0.6) is 11.5 Å². The molecule has 0 spiro atoms. The molecule has 0 saturated carbocycles. The molecule has 2 amide bonds. The number of hydrazone groups is 1. The molecule has 8 heteroatoms. The molecule has 0 fully saturated rings. The number of phenolic OH excluding ortho intramolecular Hbond substituents is 1. The van der Waals surface area contributed by atoms with Gasteiger partial charge in [-0.15, -0.1) is 0 Å². The molecular formula is C17H16ClN3O4. The van der Waals surface area contributed by atoms with Crippen molar-refractivity contribution in [2.75, 3.05) is 13.7 Å². The summed E-state index contributed by atoms with van der Waals surface area (Å²) in [6.07, 6.45) is 1.27. The molecule has 25 heavy (non-hydrogen) atoms. The number of ether oxygens (including phenoxy) is 1. The number of amides is 2. The van der Waals surface area contributed by atoms with Gasteiger partial charge in [-0.1, -0.05) is 29.8 Å². The summed E-state index contributed by atoms with van der Waals surface area (Å²) in [5.74, 6) is -0.786. The molecule has 0 aliphatic carbocycles. The number of phenols is 1. The van der Waals surface area contributed by atoms with Gasteiger partial charge in [0.25, 0.3) is 11.8 Å². The van der Waals surface area contributed by atoms with Crippen molar-refractivity contribution in [3.05, 3.63) is 58.6 Å². The molecule has 0 atom stereocenters. The number of rotatable bonds is 6. The maximum Gasteiger partial charge on any atom is 0.259 e. The summed E-state index contributed by atoms with van der Waals surface area (Å²) in [6.45, 7) is -0.272. The van der Waals surface area contributed by atoms with Gasteiger partial charge in [-0.05, 0) is 24.3 Å². The summed E-state index contributed by atoms with van der Waals surface area (Å²) in [5.41, 5.74) is 2.90. The summed E-state index contributed by atoms with van der Waals surface area (Å²) in [7, 11) is 1.43. The second kappa shape index (κ2) is 8.70. The summed E-state index contributed by atoms with van der Waals surface area (Å²) >= 11 is 5.91. The number of benzene rings is 2. The lowest BCUT2D eigenvalue weighted by Gasteiger charge is -2.06. The van der Waals surface area contributed by atoms with Gasteiger partial charge in [0.05, 0.1) is 30.5 Å². The zero-order chi connectivity index (χ0) is 18.2. The first-order chi connectivity index (χ1) is 12.0. The number of carbonyl (C=O) groups excluding carboxylic acids is 2. The molecule has 0 unspecified atom stereocenters. The van der Waals surface area contributed by atoms with Gasteiger partial charge in [-0.2, -0.15) is 5.10 Å². The zero-order valence-corrected chi connectivity index (χ0v) is 14.1. The van der Waals surface area contributed by atoms with Crippen LogP contribution in [0.25, 0.3) is 0 Å². The maximum atomic E-state index is 11.9. The SMILES string of the molecule is COc1cccc(C=NNC(=O)CNC(=O)c2ccccc2Cl)c1O. The Bertz CT molecular complexity index is 808. The predicted octanol–water partition coefficient (Wildman–Crippen LogP) is 1.93. The van der Waals surface area contributed by atoms with E-state index in [2.05, 4.69) is 15.8 Å². The zero-order valence-electron chi connectivity index (χ0n) is 13.3. The Morgan fingerprint density at radius 1 is 1.24 bits per heavy atom. The quantitative estimate of drug-likeness (QED) is 0.540. The van der Waals surface area contributed by atoms with Gasteiger partial charge in [-0.3, -0.25) is 9.59 Å². The molecule has 2 rings (SSSR count). The Morgan fingerprint density at radius 2 is 2.00 bits per heavy atom. The highest BCUT2D eigenvalue weighted by Gasteiger charge is 2.10. The van der Waals surface area contributed by atoms with Crippen LogP contribution in [0.15, 0.2) is 47.6 Å². The standard InChI is InChI=1S/C17H16ClN3O4/c1-25-14-8-4-5-11(16(14)23)9-20-21-15(22)10-19-17(24)12-6-2-3-7-13(12)18/h2-9,23H,10H2,1H3,(H,19,24)(H,21,22). The van der Waals surface area contributed by atoms with E-state index in [9.17, 15) is 14.7 Å². The molecule has 0 saturated heterocycles. The monoisotopic (exact) mass is 361 g/mol. The minimum Gasteiger partial charge on any atom is -0.504 e. The molecule has 2 aromatic carbocycles. The average molecular weight is 362 g/mol. The smallest absolute Gasteiger partial charge is 0.259 e. The minimum atomic E-state index is -0.529. The van der Waals surface area contributed by atoms with Crippen molar-refractivity contribution in [1.29, 1.82) is 0 Å². The Morgan fingerprint density at radius 3 is 2.72 bits per heavy atom. The van der Waals surface area contributed by atoms with Crippen LogP contribution in [-0.2, 0) is 4.79 Å². The second-order valence-electron chi connectivity index (χ2n) is 4.85. The molecule has 0 heterocycles. The summed E-state index contributed by atoms with van der Waals surface area (Å²) in [6, 6.07) is 11.4. The van der Waals surface area contributed by atoms with Gasteiger partial charge >= 0.3 is 0 Å². The molecule has 0 aromatic heterocycles. The van der Waals surface area contributed by atoms with Crippen LogP contribution in [0.3, 0.4) is 0 Å². The van der Waals surface area contributed by atoms with Crippen molar-refractivity contribution >= 4 is 29.6 Å². The lowest BCUT2D eigenvalue weighted by molar-refractivity contribution is -0.120. The first-order valence-electron chi connectivity index (χ1n) is 7.23. The van der Waals surface area contributed by atoms with E-state index in [0.717, 1.165) is 0 Å². The Hall–Kier alpha value is -3.06. The number of nitrogens with zero attached hydrogens (tertiary/aromatic N) is 1. The lowest BCUT2D eigenvalue weighted by Crippen LogP contribution is -2.35.